The molecule has 1 aliphatic rings. The van der Waals surface area contributed by atoms with Gasteiger partial charge < -0.3 is 10.4 Å². The normalized spacial score (nSPS) is 15.2. The number of hydrazone groups is 1. The predicted octanol–water partition coefficient (Wildman–Crippen LogP) is 4.11. The summed E-state index contributed by atoms with van der Waals surface area (Å²) in [6, 6.07) is 27.9. The second kappa shape index (κ2) is 10.7. The van der Waals surface area contributed by atoms with Crippen LogP contribution in [0.2, 0.25) is 0 Å². The van der Waals surface area contributed by atoms with Crippen LogP contribution in [-0.4, -0.2) is 51.2 Å². The van der Waals surface area contributed by atoms with Gasteiger partial charge in [-0.1, -0.05) is 78.4 Å². The van der Waals surface area contributed by atoms with E-state index in [1.807, 2.05) is 71.5 Å². The number of hydrogen-bond donors (Lipinski definition) is 2. The molecule has 0 aliphatic carbocycles. The van der Waals surface area contributed by atoms with Gasteiger partial charge in [-0.3, -0.25) is 4.79 Å². The van der Waals surface area contributed by atoms with Crippen molar-refractivity contribution in [2.75, 3.05) is 19.7 Å². The summed E-state index contributed by atoms with van der Waals surface area (Å²) >= 11 is 0. The zero-order valence-corrected chi connectivity index (χ0v) is 20.2. The summed E-state index contributed by atoms with van der Waals surface area (Å²) in [4.78, 5) is 13.3. The number of nitrogens with one attached hydrogen (secondary N) is 1. The molecule has 5 rings (SSSR count). The largest absolute Gasteiger partial charge is 0.395 e. The average Bonchev–Trinajstić information content (AvgIpc) is 3.56. The molecule has 0 radical (unpaired) electrons. The molecule has 0 saturated carbocycles. The third-order valence-corrected chi connectivity index (χ3v) is 6.28. The van der Waals surface area contributed by atoms with Gasteiger partial charge in [-0.15, -0.1) is 0 Å². The Kier molecular flexibility index (Phi) is 7.02. The second-order valence-corrected chi connectivity index (χ2v) is 8.85. The molecule has 182 valence electrons. The zero-order chi connectivity index (χ0) is 24.9. The number of aromatic nitrogens is 2. The highest BCUT2D eigenvalue weighted by Gasteiger charge is 2.36. The molecule has 3 aromatic carbocycles. The quantitative estimate of drug-likeness (QED) is 0.373. The molecule has 7 heteroatoms. The lowest BCUT2D eigenvalue weighted by Gasteiger charge is -2.22. The summed E-state index contributed by atoms with van der Waals surface area (Å²) < 4.78 is 1.87. The first-order valence-electron chi connectivity index (χ1n) is 12.1. The zero-order valence-electron chi connectivity index (χ0n) is 20.2. The minimum atomic E-state index is -0.308. The average molecular weight is 480 g/mol. The summed E-state index contributed by atoms with van der Waals surface area (Å²) in [7, 11) is 0. The van der Waals surface area contributed by atoms with Gasteiger partial charge in [0.1, 0.15) is 0 Å². The molecule has 1 aliphatic heterocycles. The van der Waals surface area contributed by atoms with Gasteiger partial charge in [0.15, 0.2) is 0 Å². The highest BCUT2D eigenvalue weighted by atomic mass is 16.3. The van der Waals surface area contributed by atoms with Gasteiger partial charge >= 0.3 is 0 Å². The van der Waals surface area contributed by atoms with Crippen molar-refractivity contribution in [3.8, 4) is 16.9 Å². The number of benzene rings is 3. The maximum absolute atomic E-state index is 13.3. The molecule has 0 fully saturated rings. The smallest absolute Gasteiger partial charge is 0.257 e. The lowest BCUT2D eigenvalue weighted by Crippen LogP contribution is -2.36. The van der Waals surface area contributed by atoms with Crippen LogP contribution in [-0.2, 0) is 4.79 Å². The molecule has 1 atom stereocenters. The Labute approximate surface area is 210 Å². The van der Waals surface area contributed by atoms with Crippen molar-refractivity contribution in [1.82, 2.24) is 20.1 Å². The fourth-order valence-electron chi connectivity index (χ4n) is 4.42. The van der Waals surface area contributed by atoms with E-state index in [0.29, 0.717) is 13.0 Å². The van der Waals surface area contributed by atoms with Crippen LogP contribution in [0.4, 0.5) is 0 Å². The van der Waals surface area contributed by atoms with E-state index in [1.54, 1.807) is 5.01 Å². The first-order valence-corrected chi connectivity index (χ1v) is 12.1. The summed E-state index contributed by atoms with van der Waals surface area (Å²) in [6.45, 7) is 2.47. The topological polar surface area (TPSA) is 82.8 Å². The van der Waals surface area contributed by atoms with Gasteiger partial charge in [-0.25, -0.2) is 9.69 Å². The molecule has 0 unspecified atom stereocenters. The Bertz CT molecular complexity index is 1350. The van der Waals surface area contributed by atoms with Crippen LogP contribution in [0.1, 0.15) is 29.2 Å². The van der Waals surface area contributed by atoms with E-state index in [-0.39, 0.29) is 25.1 Å². The van der Waals surface area contributed by atoms with Crippen molar-refractivity contribution in [3.05, 3.63) is 108 Å². The van der Waals surface area contributed by atoms with Crippen LogP contribution in [0.25, 0.3) is 16.9 Å². The van der Waals surface area contributed by atoms with Gasteiger partial charge in [0, 0.05) is 30.3 Å². The standard InChI is InChI=1S/C29H29N5O2/c1-21-12-14-23(15-13-21)29-25(20-33(32-29)24-10-6-3-7-11-24)27-18-26(22-8-4-2-5-9-22)31-34(27)28(36)19-30-16-17-35/h2-15,20,27,30,35H,16-19H2,1H3/t27-/m0/s1. The van der Waals surface area contributed by atoms with Gasteiger partial charge in [-0.2, -0.15) is 10.2 Å². The van der Waals surface area contributed by atoms with Crippen molar-refractivity contribution in [3.63, 3.8) is 0 Å². The monoisotopic (exact) mass is 479 g/mol. The van der Waals surface area contributed by atoms with E-state index in [1.165, 1.54) is 5.56 Å². The molecule has 2 N–H and O–H groups in total. The third kappa shape index (κ3) is 4.98. The number of nitrogens with zero attached hydrogens (tertiary/aromatic N) is 4. The second-order valence-electron chi connectivity index (χ2n) is 8.85. The summed E-state index contributed by atoms with van der Waals surface area (Å²) in [5.74, 6) is -0.151. The summed E-state index contributed by atoms with van der Waals surface area (Å²) in [6.07, 6.45) is 2.59. The van der Waals surface area contributed by atoms with Crippen LogP contribution in [0, 0.1) is 6.92 Å². The SMILES string of the molecule is Cc1ccc(-c2nn(-c3ccccc3)cc2[C@@H]2CC(c3ccccc3)=NN2C(=O)CNCCO)cc1. The number of para-hydroxylation sites is 1. The molecule has 7 nitrogen and oxygen atoms in total. The Morgan fingerprint density at radius 2 is 1.67 bits per heavy atom. The molecular weight excluding hydrogens is 450 g/mol. The van der Waals surface area contributed by atoms with E-state index in [9.17, 15) is 4.79 Å². The van der Waals surface area contributed by atoms with E-state index < -0.39 is 0 Å². The number of carbonyl (C=O) groups is 1. The lowest BCUT2D eigenvalue weighted by atomic mass is 9.96. The molecule has 1 amide bonds. The first-order chi connectivity index (χ1) is 17.6. The van der Waals surface area contributed by atoms with Crippen LogP contribution in [0.15, 0.2) is 96.2 Å². The maximum atomic E-state index is 13.3. The molecule has 36 heavy (non-hydrogen) atoms. The highest BCUT2D eigenvalue weighted by Crippen LogP contribution is 2.38. The Hall–Kier alpha value is -4.07. The summed E-state index contributed by atoms with van der Waals surface area (Å²) in [5.41, 5.74) is 6.73. The van der Waals surface area contributed by atoms with E-state index in [4.69, 9.17) is 15.3 Å². The van der Waals surface area contributed by atoms with Crippen LogP contribution >= 0.6 is 0 Å². The molecular formula is C29H29N5O2. The minimum Gasteiger partial charge on any atom is -0.395 e. The predicted molar refractivity (Wildman–Crippen MR) is 141 cm³/mol. The maximum Gasteiger partial charge on any atom is 0.257 e. The number of aliphatic hydroxyl groups is 1. The molecule has 0 saturated heterocycles. The number of amides is 1. The van der Waals surface area contributed by atoms with Crippen molar-refractivity contribution >= 4 is 11.6 Å². The van der Waals surface area contributed by atoms with Crippen molar-refractivity contribution in [1.29, 1.82) is 0 Å². The fraction of sp³-hybridized carbons (Fsp3) is 0.207. The molecule has 0 bridgehead atoms. The van der Waals surface area contributed by atoms with Gasteiger partial charge in [-0.05, 0) is 24.6 Å². The highest BCUT2D eigenvalue weighted by molar-refractivity contribution is 6.03. The molecule has 1 aromatic heterocycles. The number of aryl methyl sites for hydroxylation is 1. The van der Waals surface area contributed by atoms with E-state index in [0.717, 1.165) is 33.8 Å². The van der Waals surface area contributed by atoms with Crippen LogP contribution in [0.3, 0.4) is 0 Å². The molecule has 2 heterocycles. The minimum absolute atomic E-state index is 0.0311. The number of hydrogen-bond acceptors (Lipinski definition) is 5. The number of aliphatic hydroxyl groups excluding tert-OH is 1. The Balaban J connectivity index is 1.58. The molecule has 0 spiro atoms. The summed E-state index contributed by atoms with van der Waals surface area (Å²) in [5, 5.41) is 23.5. The number of carbonyl (C=O) groups excluding carboxylic acids is 1. The van der Waals surface area contributed by atoms with Crippen LogP contribution < -0.4 is 5.32 Å². The van der Waals surface area contributed by atoms with Gasteiger partial charge in [0.2, 0.25) is 0 Å². The lowest BCUT2D eigenvalue weighted by molar-refractivity contribution is -0.132. The first kappa shape index (κ1) is 23.7. The third-order valence-electron chi connectivity index (χ3n) is 6.28. The Morgan fingerprint density at radius 3 is 2.36 bits per heavy atom. The fourth-order valence-corrected chi connectivity index (χ4v) is 4.42. The Morgan fingerprint density at radius 1 is 0.972 bits per heavy atom. The van der Waals surface area contributed by atoms with Gasteiger partial charge in [0.25, 0.3) is 5.91 Å². The van der Waals surface area contributed by atoms with E-state index in [2.05, 4.69) is 36.5 Å². The van der Waals surface area contributed by atoms with Crippen molar-refractivity contribution in [2.45, 2.75) is 19.4 Å². The molecule has 4 aromatic rings. The number of rotatable bonds is 8. The van der Waals surface area contributed by atoms with Crippen LogP contribution in [0.5, 0.6) is 0 Å². The van der Waals surface area contributed by atoms with Gasteiger partial charge in [0.05, 0.1) is 36.3 Å². The van der Waals surface area contributed by atoms with Crippen molar-refractivity contribution < 1.29 is 9.90 Å². The van der Waals surface area contributed by atoms with E-state index >= 15 is 0 Å². The van der Waals surface area contributed by atoms with Crippen molar-refractivity contribution in [2.24, 2.45) is 5.10 Å².